The number of nitrogens with zero attached hydrogens (tertiary/aromatic N) is 4. The van der Waals surface area contributed by atoms with Gasteiger partial charge in [0.15, 0.2) is 0 Å². The second-order valence-corrected chi connectivity index (χ2v) is 12.2. The van der Waals surface area contributed by atoms with Gasteiger partial charge in [-0.2, -0.15) is 5.10 Å². The quantitative estimate of drug-likeness (QED) is 0.358. The number of hydrogen-bond acceptors (Lipinski definition) is 5. The molecule has 1 aromatic carbocycles. The molecule has 5 rings (SSSR count). The number of aliphatic carboxylic acids is 1. The number of carboxylic acids is 1. The van der Waals surface area contributed by atoms with Crippen molar-refractivity contribution in [3.05, 3.63) is 83.2 Å². The van der Waals surface area contributed by atoms with Gasteiger partial charge in [0.25, 0.3) is 0 Å². The molecule has 1 saturated carbocycles. The number of likely N-dealkylation sites (tertiary alicyclic amines) is 1. The van der Waals surface area contributed by atoms with E-state index in [1.165, 1.54) is 11.6 Å². The van der Waals surface area contributed by atoms with Crippen LogP contribution in [0.3, 0.4) is 0 Å². The van der Waals surface area contributed by atoms with Gasteiger partial charge >= 0.3 is 5.97 Å². The molecule has 2 aliphatic rings. The highest BCUT2D eigenvalue weighted by Crippen LogP contribution is 2.43. The Balaban J connectivity index is 1.23. The van der Waals surface area contributed by atoms with Crippen LogP contribution in [0.5, 0.6) is 0 Å². The molecule has 7 nitrogen and oxygen atoms in total. The van der Waals surface area contributed by atoms with Gasteiger partial charge in [-0.25, -0.2) is 4.39 Å². The zero-order chi connectivity index (χ0) is 28.2. The minimum Gasteiger partial charge on any atom is -0.480 e. The molecule has 3 unspecified atom stereocenters. The second-order valence-electron chi connectivity index (χ2n) is 12.2. The summed E-state index contributed by atoms with van der Waals surface area (Å²) < 4.78 is 14.2. The van der Waals surface area contributed by atoms with Crippen LogP contribution in [0.1, 0.15) is 73.9 Å². The third-order valence-corrected chi connectivity index (χ3v) is 9.11. The van der Waals surface area contributed by atoms with Crippen molar-refractivity contribution in [3.63, 3.8) is 0 Å². The van der Waals surface area contributed by atoms with Gasteiger partial charge in [-0.1, -0.05) is 32.0 Å². The third kappa shape index (κ3) is 6.61. The second kappa shape index (κ2) is 12.6. The molecule has 1 aliphatic carbocycles. The average Bonchev–Trinajstić information content (AvgIpc) is 3.57. The van der Waals surface area contributed by atoms with Crippen molar-refractivity contribution in [2.75, 3.05) is 26.7 Å². The minimum absolute atomic E-state index is 0.0140. The summed E-state index contributed by atoms with van der Waals surface area (Å²) in [6.45, 7) is 6.90. The Morgan fingerprint density at radius 2 is 1.98 bits per heavy atom. The van der Waals surface area contributed by atoms with E-state index in [4.69, 9.17) is 0 Å². The van der Waals surface area contributed by atoms with Crippen LogP contribution in [0.4, 0.5) is 4.39 Å². The predicted octanol–water partition coefficient (Wildman–Crippen LogP) is 5.32. The Labute approximate surface area is 236 Å². The topological polar surface area (TPSA) is 85.4 Å². The van der Waals surface area contributed by atoms with Gasteiger partial charge in [0.05, 0.1) is 5.69 Å². The number of nitrogens with one attached hydrogen (secondary N) is 1. The van der Waals surface area contributed by atoms with Crippen LogP contribution in [0.25, 0.3) is 0 Å². The van der Waals surface area contributed by atoms with Crippen molar-refractivity contribution in [2.45, 2.75) is 69.9 Å². The monoisotopic (exact) mass is 547 g/mol. The summed E-state index contributed by atoms with van der Waals surface area (Å²) in [6, 6.07) is 12.9. The zero-order valence-electron chi connectivity index (χ0n) is 23.8. The number of halogens is 1. The fraction of sp³-hybridized carbons (Fsp3) is 0.531. The summed E-state index contributed by atoms with van der Waals surface area (Å²) in [6.07, 6.45) is 8.39. The van der Waals surface area contributed by atoms with E-state index >= 15 is 0 Å². The van der Waals surface area contributed by atoms with Crippen molar-refractivity contribution in [2.24, 2.45) is 11.8 Å². The van der Waals surface area contributed by atoms with Crippen molar-refractivity contribution >= 4 is 5.97 Å². The van der Waals surface area contributed by atoms with E-state index < -0.39 is 12.0 Å². The van der Waals surface area contributed by atoms with Gasteiger partial charge in [0, 0.05) is 43.0 Å². The highest BCUT2D eigenvalue weighted by molar-refractivity contribution is 5.73. The SMILES string of the molecule is CC(C)[C@H](C(=O)O)N(C)C1CC(CN2CCC(c3cc(Cc4cccnc4)[nH]n3)CC2)C(c2cccc(F)c2)C1. The van der Waals surface area contributed by atoms with Crippen LogP contribution >= 0.6 is 0 Å². The molecule has 8 heteroatoms. The maximum absolute atomic E-state index is 14.2. The van der Waals surface area contributed by atoms with E-state index in [2.05, 4.69) is 37.1 Å². The molecule has 2 aromatic heterocycles. The van der Waals surface area contributed by atoms with E-state index in [9.17, 15) is 14.3 Å². The Morgan fingerprint density at radius 3 is 2.65 bits per heavy atom. The van der Waals surface area contributed by atoms with Crippen LogP contribution in [-0.2, 0) is 11.2 Å². The maximum Gasteiger partial charge on any atom is 0.321 e. The highest BCUT2D eigenvalue weighted by atomic mass is 19.1. The van der Waals surface area contributed by atoms with Crippen molar-refractivity contribution in [3.8, 4) is 0 Å². The molecular weight excluding hydrogens is 505 g/mol. The molecule has 40 heavy (non-hydrogen) atoms. The first-order chi connectivity index (χ1) is 19.3. The van der Waals surface area contributed by atoms with E-state index in [0.29, 0.717) is 11.8 Å². The van der Waals surface area contributed by atoms with Crippen LogP contribution < -0.4 is 0 Å². The number of likely N-dealkylation sites (N-methyl/N-ethyl adjacent to an activating group) is 1. The number of piperidine rings is 1. The van der Waals surface area contributed by atoms with E-state index in [1.807, 2.05) is 39.2 Å². The fourth-order valence-electron chi connectivity index (χ4n) is 7.08. The lowest BCUT2D eigenvalue weighted by Crippen LogP contribution is -2.47. The zero-order valence-corrected chi connectivity index (χ0v) is 23.8. The number of benzene rings is 1. The lowest BCUT2D eigenvalue weighted by Gasteiger charge is -2.35. The van der Waals surface area contributed by atoms with E-state index in [0.717, 1.165) is 68.7 Å². The van der Waals surface area contributed by atoms with Crippen LogP contribution in [0.15, 0.2) is 54.9 Å². The van der Waals surface area contributed by atoms with Gasteiger partial charge in [-0.3, -0.25) is 19.8 Å². The Hall–Kier alpha value is -3.10. The normalized spacial score (nSPS) is 23.2. The Kier molecular flexibility index (Phi) is 8.96. The molecule has 3 aromatic rings. The Bertz CT molecular complexity index is 1260. The fourth-order valence-corrected chi connectivity index (χ4v) is 7.08. The molecule has 2 fully saturated rings. The lowest BCUT2D eigenvalue weighted by molar-refractivity contribution is -0.145. The van der Waals surface area contributed by atoms with E-state index in [-0.39, 0.29) is 23.7 Å². The summed E-state index contributed by atoms with van der Waals surface area (Å²) in [5.74, 6) is 0.0421. The Morgan fingerprint density at radius 1 is 1.18 bits per heavy atom. The molecule has 0 amide bonds. The lowest BCUT2D eigenvalue weighted by atomic mass is 9.87. The van der Waals surface area contributed by atoms with Crippen LogP contribution in [0.2, 0.25) is 0 Å². The van der Waals surface area contributed by atoms with Crippen molar-refractivity contribution < 1.29 is 14.3 Å². The number of H-pyrrole nitrogens is 1. The molecule has 1 saturated heterocycles. The summed E-state index contributed by atoms with van der Waals surface area (Å²) in [5.41, 5.74) is 4.46. The third-order valence-electron chi connectivity index (χ3n) is 9.11. The van der Waals surface area contributed by atoms with Gasteiger partial charge < -0.3 is 10.0 Å². The molecule has 4 atom stereocenters. The number of carboxylic acid groups (broad SMARTS) is 1. The first-order valence-corrected chi connectivity index (χ1v) is 14.6. The molecule has 214 valence electrons. The van der Waals surface area contributed by atoms with Crippen molar-refractivity contribution in [1.82, 2.24) is 25.0 Å². The van der Waals surface area contributed by atoms with Crippen LogP contribution in [0, 0.1) is 17.7 Å². The van der Waals surface area contributed by atoms with Gasteiger partial charge in [0.1, 0.15) is 11.9 Å². The number of pyridine rings is 1. The largest absolute Gasteiger partial charge is 0.480 e. The smallest absolute Gasteiger partial charge is 0.321 e. The molecule has 0 radical (unpaired) electrons. The summed E-state index contributed by atoms with van der Waals surface area (Å²) >= 11 is 0. The standard InChI is InChI=1S/C32H42FN5O2/c1-21(2)31(32(39)40)37(3)28-16-25(29(18-28)24-7-4-8-26(33)15-24)20-38-12-9-23(10-13-38)30-17-27(35-36-30)14-22-6-5-11-34-19-22/h4-8,11,15,17,19,21,23,25,28-29,31H,9-10,12-14,16,18,20H2,1-3H3,(H,35,36)(H,39,40)/t25?,28?,29?,31-/m1/s1. The van der Waals surface area contributed by atoms with Gasteiger partial charge in [-0.05, 0) is 99.0 Å². The predicted molar refractivity (Wildman–Crippen MR) is 154 cm³/mol. The summed E-state index contributed by atoms with van der Waals surface area (Å²) in [7, 11) is 1.95. The van der Waals surface area contributed by atoms with Gasteiger partial charge in [-0.15, -0.1) is 0 Å². The molecule has 0 bridgehead atoms. The number of carbonyl (C=O) groups is 1. The number of aromatic amines is 1. The minimum atomic E-state index is -0.771. The van der Waals surface area contributed by atoms with Crippen LogP contribution in [-0.4, -0.2) is 74.8 Å². The molecule has 2 N–H and O–H groups in total. The molecule has 0 spiro atoms. The summed E-state index contributed by atoms with van der Waals surface area (Å²) in [4.78, 5) is 20.9. The maximum atomic E-state index is 14.2. The first kappa shape index (κ1) is 28.4. The van der Waals surface area contributed by atoms with Gasteiger partial charge in [0.2, 0.25) is 0 Å². The van der Waals surface area contributed by atoms with E-state index in [1.54, 1.807) is 18.3 Å². The summed E-state index contributed by atoms with van der Waals surface area (Å²) in [5, 5.41) is 17.8. The highest BCUT2D eigenvalue weighted by Gasteiger charge is 2.41. The molecular formula is C32H42FN5O2. The number of aromatic nitrogens is 3. The first-order valence-electron chi connectivity index (χ1n) is 14.6. The number of hydrogen-bond donors (Lipinski definition) is 2. The van der Waals surface area contributed by atoms with Crippen molar-refractivity contribution in [1.29, 1.82) is 0 Å². The average molecular weight is 548 g/mol. The molecule has 1 aliphatic heterocycles. The number of rotatable bonds is 10. The molecule has 3 heterocycles.